The van der Waals surface area contributed by atoms with Gasteiger partial charge in [0, 0.05) is 11.4 Å². The second-order valence-corrected chi connectivity index (χ2v) is 8.01. The lowest BCUT2D eigenvalue weighted by Crippen LogP contribution is -2.17. The third-order valence-corrected chi connectivity index (χ3v) is 5.94. The van der Waals surface area contributed by atoms with Crippen LogP contribution in [0.4, 0.5) is 5.95 Å². The van der Waals surface area contributed by atoms with Crippen LogP contribution in [0, 0.1) is 0 Å². The average Bonchev–Trinajstić information content (AvgIpc) is 3.15. The summed E-state index contributed by atoms with van der Waals surface area (Å²) in [6.07, 6.45) is 6.41. The van der Waals surface area contributed by atoms with Crippen molar-refractivity contribution in [2.75, 3.05) is 32.5 Å². The van der Waals surface area contributed by atoms with E-state index in [-0.39, 0.29) is 0 Å². The van der Waals surface area contributed by atoms with E-state index in [2.05, 4.69) is 41.3 Å². The Morgan fingerprint density at radius 3 is 3.12 bits per heavy atom. The molecule has 0 aliphatic heterocycles. The first-order valence-electron chi connectivity index (χ1n) is 8.68. The van der Waals surface area contributed by atoms with Crippen LogP contribution in [0.5, 0.6) is 0 Å². The van der Waals surface area contributed by atoms with Crippen LogP contribution in [0.2, 0.25) is 0 Å². The van der Waals surface area contributed by atoms with Crippen LogP contribution in [0.1, 0.15) is 42.5 Å². The first-order valence-corrected chi connectivity index (χ1v) is 9.50. The van der Waals surface area contributed by atoms with Gasteiger partial charge in [0.05, 0.1) is 5.39 Å². The lowest BCUT2D eigenvalue weighted by atomic mass is 9.87. The monoisotopic (exact) mass is 344 g/mol. The minimum atomic E-state index is 0.587. The van der Waals surface area contributed by atoms with Crippen molar-refractivity contribution < 1.29 is 0 Å². The number of nitrogens with one attached hydrogen (secondary N) is 1. The molecule has 0 saturated heterocycles. The third kappa shape index (κ3) is 2.65. The van der Waals surface area contributed by atoms with Crippen molar-refractivity contribution in [3.05, 3.63) is 16.8 Å². The van der Waals surface area contributed by atoms with Crippen LogP contribution < -0.4 is 5.32 Å². The van der Waals surface area contributed by atoms with Gasteiger partial charge in [-0.2, -0.15) is 9.61 Å². The Hall–Kier alpha value is -1.73. The quantitative estimate of drug-likeness (QED) is 0.721. The molecule has 0 aromatic carbocycles. The first kappa shape index (κ1) is 15.8. The lowest BCUT2D eigenvalue weighted by Gasteiger charge is -2.18. The van der Waals surface area contributed by atoms with E-state index in [1.54, 1.807) is 6.33 Å². The Kier molecular flexibility index (Phi) is 4.14. The number of rotatable bonds is 5. The fraction of sp³-hybridized carbons (Fsp3) is 0.588. The van der Waals surface area contributed by atoms with Crippen LogP contribution in [-0.4, -0.2) is 51.7 Å². The SMILES string of the molecule is C[C@H]1CCCc2sc3nc(NCCCN(C)C)n4ncnc4c3c21. The number of fused-ring (bicyclic) bond motifs is 5. The Labute approximate surface area is 145 Å². The Bertz CT molecular complexity index is 865. The predicted molar refractivity (Wildman–Crippen MR) is 99.2 cm³/mol. The number of nitrogens with zero attached hydrogens (tertiary/aromatic N) is 5. The van der Waals surface area contributed by atoms with Gasteiger partial charge >= 0.3 is 0 Å². The molecule has 0 bridgehead atoms. The smallest absolute Gasteiger partial charge is 0.227 e. The Morgan fingerprint density at radius 1 is 1.42 bits per heavy atom. The number of hydrogen-bond donors (Lipinski definition) is 1. The highest BCUT2D eigenvalue weighted by molar-refractivity contribution is 7.19. The summed E-state index contributed by atoms with van der Waals surface area (Å²) in [5, 5.41) is 9.07. The van der Waals surface area contributed by atoms with E-state index in [0.717, 1.165) is 35.9 Å². The molecule has 6 nitrogen and oxygen atoms in total. The summed E-state index contributed by atoms with van der Waals surface area (Å²) >= 11 is 1.84. The van der Waals surface area contributed by atoms with Gasteiger partial charge < -0.3 is 10.2 Å². The van der Waals surface area contributed by atoms with E-state index in [1.165, 1.54) is 35.1 Å². The molecular weight excluding hydrogens is 320 g/mol. The molecule has 1 N–H and O–H groups in total. The molecule has 4 rings (SSSR count). The van der Waals surface area contributed by atoms with Crippen LogP contribution in [0.25, 0.3) is 15.9 Å². The van der Waals surface area contributed by atoms with Crippen molar-refractivity contribution >= 4 is 33.1 Å². The minimum Gasteiger partial charge on any atom is -0.354 e. The zero-order valence-electron chi connectivity index (χ0n) is 14.5. The standard InChI is InChI=1S/C17H24N6S/c1-11-6-4-7-12-13(11)14-15-19-10-20-23(15)17(21-16(14)24-12)18-8-5-9-22(2)3/h10-11H,4-9H2,1-3H3,(H,18,21)/t11-/m0/s1. The molecule has 0 unspecified atom stereocenters. The fourth-order valence-corrected chi connectivity index (χ4v) is 4.94. The summed E-state index contributed by atoms with van der Waals surface area (Å²) in [5.41, 5.74) is 2.41. The van der Waals surface area contributed by atoms with Gasteiger partial charge in [0.2, 0.25) is 5.95 Å². The van der Waals surface area contributed by atoms with Gasteiger partial charge in [-0.05, 0) is 57.8 Å². The van der Waals surface area contributed by atoms with E-state index in [9.17, 15) is 0 Å². The van der Waals surface area contributed by atoms with Gasteiger partial charge in [-0.1, -0.05) is 6.92 Å². The number of aromatic nitrogens is 4. The normalized spacial score (nSPS) is 17.8. The summed E-state index contributed by atoms with van der Waals surface area (Å²) in [4.78, 5) is 14.2. The zero-order valence-corrected chi connectivity index (χ0v) is 15.4. The highest BCUT2D eigenvalue weighted by Crippen LogP contribution is 2.43. The lowest BCUT2D eigenvalue weighted by molar-refractivity contribution is 0.405. The van der Waals surface area contributed by atoms with Crippen molar-refractivity contribution in [2.24, 2.45) is 0 Å². The van der Waals surface area contributed by atoms with Crippen LogP contribution >= 0.6 is 11.3 Å². The number of hydrogen-bond acceptors (Lipinski definition) is 6. The minimum absolute atomic E-state index is 0.587. The molecule has 1 aliphatic carbocycles. The molecule has 0 saturated carbocycles. The third-order valence-electron chi connectivity index (χ3n) is 4.78. The van der Waals surface area contributed by atoms with E-state index < -0.39 is 0 Å². The highest BCUT2D eigenvalue weighted by atomic mass is 32.1. The van der Waals surface area contributed by atoms with E-state index >= 15 is 0 Å². The predicted octanol–water partition coefficient (Wildman–Crippen LogP) is 3.14. The van der Waals surface area contributed by atoms with Crippen LogP contribution in [0.3, 0.4) is 0 Å². The second-order valence-electron chi connectivity index (χ2n) is 6.93. The maximum atomic E-state index is 4.89. The van der Waals surface area contributed by atoms with Gasteiger partial charge in [-0.3, -0.25) is 0 Å². The Balaban J connectivity index is 1.74. The Morgan fingerprint density at radius 2 is 2.29 bits per heavy atom. The molecule has 0 spiro atoms. The summed E-state index contributed by atoms with van der Waals surface area (Å²) < 4.78 is 1.87. The topological polar surface area (TPSA) is 58.4 Å². The fourth-order valence-electron chi connectivity index (χ4n) is 3.61. The second kappa shape index (κ2) is 6.29. The van der Waals surface area contributed by atoms with Crippen LogP contribution in [0.15, 0.2) is 6.33 Å². The number of aryl methyl sites for hydroxylation is 1. The average molecular weight is 344 g/mol. The first-order chi connectivity index (χ1) is 11.6. The van der Waals surface area contributed by atoms with Gasteiger partial charge in [0.15, 0.2) is 5.65 Å². The summed E-state index contributed by atoms with van der Waals surface area (Å²) in [7, 11) is 4.19. The molecule has 3 heterocycles. The number of anilines is 1. The number of thiophene rings is 1. The van der Waals surface area contributed by atoms with Crippen molar-refractivity contribution in [3.63, 3.8) is 0 Å². The molecule has 1 aliphatic rings. The molecular formula is C17H24N6S. The maximum absolute atomic E-state index is 4.89. The highest BCUT2D eigenvalue weighted by Gasteiger charge is 2.25. The van der Waals surface area contributed by atoms with E-state index in [0.29, 0.717) is 5.92 Å². The molecule has 3 aromatic rings. The summed E-state index contributed by atoms with van der Waals surface area (Å²) in [6.45, 7) is 4.26. The molecule has 1 atom stereocenters. The molecule has 7 heteroatoms. The maximum Gasteiger partial charge on any atom is 0.227 e. The van der Waals surface area contributed by atoms with Gasteiger partial charge in [-0.15, -0.1) is 11.3 Å². The molecule has 128 valence electrons. The van der Waals surface area contributed by atoms with Crippen molar-refractivity contribution in [3.8, 4) is 0 Å². The molecule has 0 amide bonds. The molecule has 3 aromatic heterocycles. The van der Waals surface area contributed by atoms with Crippen molar-refractivity contribution in [1.82, 2.24) is 24.5 Å². The van der Waals surface area contributed by atoms with Crippen LogP contribution in [-0.2, 0) is 6.42 Å². The van der Waals surface area contributed by atoms with Gasteiger partial charge in [-0.25, -0.2) is 9.97 Å². The largest absolute Gasteiger partial charge is 0.354 e. The summed E-state index contributed by atoms with van der Waals surface area (Å²) in [6, 6.07) is 0. The van der Waals surface area contributed by atoms with Gasteiger partial charge in [0.1, 0.15) is 11.2 Å². The molecule has 0 radical (unpaired) electrons. The summed E-state index contributed by atoms with van der Waals surface area (Å²) in [5.74, 6) is 1.39. The molecule has 0 fully saturated rings. The van der Waals surface area contributed by atoms with E-state index in [4.69, 9.17) is 4.98 Å². The van der Waals surface area contributed by atoms with Crippen molar-refractivity contribution in [1.29, 1.82) is 0 Å². The van der Waals surface area contributed by atoms with Crippen molar-refractivity contribution in [2.45, 2.75) is 38.5 Å². The molecule has 24 heavy (non-hydrogen) atoms. The van der Waals surface area contributed by atoms with Gasteiger partial charge in [0.25, 0.3) is 0 Å². The zero-order chi connectivity index (χ0) is 16.7. The van der Waals surface area contributed by atoms with E-state index in [1.807, 2.05) is 15.9 Å².